The normalized spacial score (nSPS) is 21.2. The molecule has 1 aromatic rings. The van der Waals surface area contributed by atoms with Gasteiger partial charge < -0.3 is 5.32 Å². The molecule has 1 aliphatic rings. The molecule has 4 heteroatoms. The van der Waals surface area contributed by atoms with Crippen LogP contribution in [-0.4, -0.2) is 13.1 Å². The molecule has 1 N–H and O–H groups in total. The fourth-order valence-corrected chi connectivity index (χ4v) is 1.91. The van der Waals surface area contributed by atoms with Crippen LogP contribution in [0, 0.1) is 5.92 Å². The molecule has 1 atom stereocenters. The van der Waals surface area contributed by atoms with Crippen molar-refractivity contribution in [1.82, 2.24) is 5.32 Å². The number of halogens is 3. The third-order valence-electron chi connectivity index (χ3n) is 2.87. The van der Waals surface area contributed by atoms with Crippen molar-refractivity contribution in [3.8, 4) is 0 Å². The molecule has 1 aromatic carbocycles. The highest BCUT2D eigenvalue weighted by atomic mass is 19.4. The highest BCUT2D eigenvalue weighted by molar-refractivity contribution is 5.51. The van der Waals surface area contributed by atoms with E-state index >= 15 is 0 Å². The van der Waals surface area contributed by atoms with Gasteiger partial charge in [-0.15, -0.1) is 0 Å². The lowest BCUT2D eigenvalue weighted by Gasteiger charge is -2.07. The topological polar surface area (TPSA) is 12.0 Å². The van der Waals surface area contributed by atoms with Crippen molar-refractivity contribution in [1.29, 1.82) is 0 Å². The van der Waals surface area contributed by atoms with Crippen LogP contribution in [0.1, 0.15) is 17.5 Å². The van der Waals surface area contributed by atoms with Crippen LogP contribution in [0.3, 0.4) is 0 Å². The van der Waals surface area contributed by atoms with Crippen LogP contribution in [0.5, 0.6) is 0 Å². The summed E-state index contributed by atoms with van der Waals surface area (Å²) in [5.74, 6) is 0.435. The highest BCUT2D eigenvalue weighted by Gasteiger charge is 2.30. The predicted molar refractivity (Wildman–Crippen MR) is 61.5 cm³/mol. The van der Waals surface area contributed by atoms with Gasteiger partial charge in [-0.1, -0.05) is 24.3 Å². The zero-order chi connectivity index (χ0) is 12.3. The van der Waals surface area contributed by atoms with Gasteiger partial charge in [-0.25, -0.2) is 0 Å². The van der Waals surface area contributed by atoms with Gasteiger partial charge in [0.2, 0.25) is 0 Å². The van der Waals surface area contributed by atoms with E-state index in [-0.39, 0.29) is 0 Å². The van der Waals surface area contributed by atoms with Crippen molar-refractivity contribution in [2.24, 2.45) is 5.92 Å². The zero-order valence-corrected chi connectivity index (χ0v) is 9.30. The molecular formula is C13H14F3N. The SMILES string of the molecule is FC(F)(F)c1cccc(C=CC2CCNC2)c1. The smallest absolute Gasteiger partial charge is 0.316 e. The number of rotatable bonds is 2. The molecule has 1 heterocycles. The number of hydrogen-bond acceptors (Lipinski definition) is 1. The Hall–Kier alpha value is -1.29. The van der Waals surface area contributed by atoms with E-state index in [2.05, 4.69) is 5.32 Å². The summed E-state index contributed by atoms with van der Waals surface area (Å²) in [5, 5.41) is 3.21. The van der Waals surface area contributed by atoms with Gasteiger partial charge in [-0.3, -0.25) is 0 Å². The molecule has 0 aliphatic carbocycles. The van der Waals surface area contributed by atoms with E-state index in [1.807, 2.05) is 6.08 Å². The largest absolute Gasteiger partial charge is 0.416 e. The molecule has 1 nitrogen and oxygen atoms in total. The fourth-order valence-electron chi connectivity index (χ4n) is 1.91. The second-order valence-corrected chi connectivity index (χ2v) is 4.24. The lowest BCUT2D eigenvalue weighted by Crippen LogP contribution is -2.07. The Bertz CT molecular complexity index is 403. The average Bonchev–Trinajstić information content (AvgIpc) is 2.78. The lowest BCUT2D eigenvalue weighted by atomic mass is 10.1. The third-order valence-corrected chi connectivity index (χ3v) is 2.87. The first-order valence-corrected chi connectivity index (χ1v) is 5.62. The van der Waals surface area contributed by atoms with Crippen molar-refractivity contribution in [2.75, 3.05) is 13.1 Å². The van der Waals surface area contributed by atoms with Crippen molar-refractivity contribution in [2.45, 2.75) is 12.6 Å². The minimum Gasteiger partial charge on any atom is -0.316 e. The monoisotopic (exact) mass is 241 g/mol. The first-order chi connectivity index (χ1) is 8.05. The van der Waals surface area contributed by atoms with Crippen LogP contribution in [0.4, 0.5) is 13.2 Å². The van der Waals surface area contributed by atoms with Gasteiger partial charge in [0.25, 0.3) is 0 Å². The molecule has 0 bridgehead atoms. The lowest BCUT2D eigenvalue weighted by molar-refractivity contribution is -0.137. The van der Waals surface area contributed by atoms with Gasteiger partial charge in [0.15, 0.2) is 0 Å². The minimum absolute atomic E-state index is 0.435. The van der Waals surface area contributed by atoms with Crippen molar-refractivity contribution in [3.63, 3.8) is 0 Å². The molecule has 17 heavy (non-hydrogen) atoms. The van der Waals surface area contributed by atoms with E-state index in [0.29, 0.717) is 11.5 Å². The molecular weight excluding hydrogens is 227 g/mol. The molecule has 0 aromatic heterocycles. The summed E-state index contributed by atoms with van der Waals surface area (Å²) in [6, 6.07) is 5.40. The first kappa shape index (κ1) is 12.2. The van der Waals surface area contributed by atoms with Crippen molar-refractivity contribution >= 4 is 6.08 Å². The van der Waals surface area contributed by atoms with E-state index in [9.17, 15) is 13.2 Å². The maximum atomic E-state index is 12.5. The van der Waals surface area contributed by atoms with Crippen LogP contribution in [0.2, 0.25) is 0 Å². The molecule has 0 amide bonds. The van der Waals surface area contributed by atoms with Gasteiger partial charge in [-0.2, -0.15) is 13.2 Å². The molecule has 1 unspecified atom stereocenters. The van der Waals surface area contributed by atoms with Crippen LogP contribution in [0.25, 0.3) is 6.08 Å². The standard InChI is InChI=1S/C13H14F3N/c14-13(15,16)12-3-1-2-10(8-12)4-5-11-6-7-17-9-11/h1-5,8,11,17H,6-7,9H2. The van der Waals surface area contributed by atoms with Crippen LogP contribution in [-0.2, 0) is 6.18 Å². The summed E-state index contributed by atoms with van der Waals surface area (Å²) in [7, 11) is 0. The van der Waals surface area contributed by atoms with Crippen LogP contribution in [0.15, 0.2) is 30.3 Å². The summed E-state index contributed by atoms with van der Waals surface area (Å²) in [4.78, 5) is 0. The Balaban J connectivity index is 2.10. The number of nitrogens with one attached hydrogen (secondary N) is 1. The van der Waals surface area contributed by atoms with Gasteiger partial charge in [-0.05, 0) is 36.6 Å². The van der Waals surface area contributed by atoms with Crippen molar-refractivity contribution in [3.05, 3.63) is 41.5 Å². The first-order valence-electron chi connectivity index (χ1n) is 5.62. The Morgan fingerprint density at radius 3 is 2.76 bits per heavy atom. The molecule has 0 spiro atoms. The predicted octanol–water partition coefficient (Wildman–Crippen LogP) is 3.33. The van der Waals surface area contributed by atoms with E-state index in [4.69, 9.17) is 0 Å². The summed E-state index contributed by atoms with van der Waals surface area (Å²) in [5.41, 5.74) is 0.0101. The second kappa shape index (κ2) is 4.92. The van der Waals surface area contributed by atoms with Gasteiger partial charge >= 0.3 is 6.18 Å². The van der Waals surface area contributed by atoms with Gasteiger partial charge in [0.1, 0.15) is 0 Å². The Morgan fingerprint density at radius 1 is 1.29 bits per heavy atom. The maximum absolute atomic E-state index is 12.5. The molecule has 1 fully saturated rings. The fraction of sp³-hybridized carbons (Fsp3) is 0.385. The van der Waals surface area contributed by atoms with Gasteiger partial charge in [0.05, 0.1) is 5.56 Å². The Labute approximate surface area is 98.3 Å². The Kier molecular flexibility index (Phi) is 3.52. The average molecular weight is 241 g/mol. The highest BCUT2D eigenvalue weighted by Crippen LogP contribution is 2.29. The minimum atomic E-state index is -4.27. The summed E-state index contributed by atoms with van der Waals surface area (Å²) >= 11 is 0. The molecule has 0 saturated carbocycles. The molecule has 2 rings (SSSR count). The molecule has 0 radical (unpaired) electrons. The van der Waals surface area contributed by atoms with E-state index < -0.39 is 11.7 Å². The second-order valence-electron chi connectivity index (χ2n) is 4.24. The quantitative estimate of drug-likeness (QED) is 0.837. The molecule has 1 aliphatic heterocycles. The summed E-state index contributed by atoms with van der Waals surface area (Å²) in [6.45, 7) is 1.90. The summed E-state index contributed by atoms with van der Waals surface area (Å²) in [6.07, 6.45) is 0.538. The van der Waals surface area contributed by atoms with Crippen LogP contribution >= 0.6 is 0 Å². The van der Waals surface area contributed by atoms with E-state index in [0.717, 1.165) is 25.6 Å². The molecule has 1 saturated heterocycles. The van der Waals surface area contributed by atoms with E-state index in [1.165, 1.54) is 12.1 Å². The van der Waals surface area contributed by atoms with Gasteiger partial charge in [0, 0.05) is 6.54 Å². The number of hydrogen-bond donors (Lipinski definition) is 1. The summed E-state index contributed by atoms with van der Waals surface area (Å²) < 4.78 is 37.4. The molecule has 92 valence electrons. The maximum Gasteiger partial charge on any atom is 0.416 e. The third kappa shape index (κ3) is 3.33. The van der Waals surface area contributed by atoms with Crippen LogP contribution < -0.4 is 5.32 Å². The van der Waals surface area contributed by atoms with Crippen molar-refractivity contribution < 1.29 is 13.2 Å². The van der Waals surface area contributed by atoms with E-state index in [1.54, 1.807) is 12.1 Å². The zero-order valence-electron chi connectivity index (χ0n) is 9.30. The number of benzene rings is 1. The number of alkyl halides is 3. The Morgan fingerprint density at radius 2 is 2.12 bits per heavy atom.